The van der Waals surface area contributed by atoms with E-state index in [9.17, 15) is 9.90 Å². The molecule has 0 saturated heterocycles. The smallest absolute Gasteiger partial charge is 0.338 e. The van der Waals surface area contributed by atoms with Crippen molar-refractivity contribution in [3.8, 4) is 0 Å². The number of carboxylic acids is 1. The Hall–Kier alpha value is -1.07. The van der Waals surface area contributed by atoms with Gasteiger partial charge in [0.2, 0.25) is 0 Å². The van der Waals surface area contributed by atoms with E-state index in [4.69, 9.17) is 5.11 Å². The van der Waals surface area contributed by atoms with Gasteiger partial charge in [0.15, 0.2) is 0 Å². The summed E-state index contributed by atoms with van der Waals surface area (Å²) in [7, 11) is 0. The monoisotopic (exact) mass is 301 g/mol. The number of carboxylic acid groups (broad SMARTS) is 1. The molecule has 0 spiro atoms. The molecule has 0 aliphatic rings. The highest BCUT2D eigenvalue weighted by Crippen LogP contribution is 2.25. The Labute approximate surface area is 109 Å². The molecule has 94 valence electrons. The zero-order chi connectivity index (χ0) is 13.0. The largest absolute Gasteiger partial charge is 0.478 e. The molecule has 0 amide bonds. The molecule has 5 heteroatoms. The molecule has 0 saturated carbocycles. The van der Waals surface area contributed by atoms with Gasteiger partial charge in [-0.1, -0.05) is 6.07 Å². The van der Waals surface area contributed by atoms with Crippen LogP contribution in [0.15, 0.2) is 22.7 Å². The minimum Gasteiger partial charge on any atom is -0.478 e. The Kier molecular flexibility index (Phi) is 4.96. The van der Waals surface area contributed by atoms with E-state index >= 15 is 0 Å². The van der Waals surface area contributed by atoms with E-state index in [0.29, 0.717) is 16.6 Å². The summed E-state index contributed by atoms with van der Waals surface area (Å²) in [6.45, 7) is 3.61. The maximum absolute atomic E-state index is 11.1. The standard InChI is InChI=1S/C12H16BrNO3/c1-7(6-8(2)15)14-10-5-3-4-9(13)11(10)12(16)17/h3-5,7-8,14-15H,6H2,1-2H3,(H,16,17). The van der Waals surface area contributed by atoms with Crippen LogP contribution in [0.1, 0.15) is 30.6 Å². The Morgan fingerprint density at radius 2 is 2.12 bits per heavy atom. The molecule has 3 N–H and O–H groups in total. The van der Waals surface area contributed by atoms with Gasteiger partial charge >= 0.3 is 5.97 Å². The van der Waals surface area contributed by atoms with Gasteiger partial charge in [0, 0.05) is 10.5 Å². The van der Waals surface area contributed by atoms with Crippen LogP contribution in [0.4, 0.5) is 5.69 Å². The molecular weight excluding hydrogens is 286 g/mol. The predicted octanol–water partition coefficient (Wildman–Crippen LogP) is 2.72. The zero-order valence-corrected chi connectivity index (χ0v) is 11.4. The lowest BCUT2D eigenvalue weighted by atomic mass is 10.1. The van der Waals surface area contributed by atoms with Crippen LogP contribution < -0.4 is 5.32 Å². The van der Waals surface area contributed by atoms with Gasteiger partial charge in [-0.05, 0) is 48.3 Å². The molecule has 0 heterocycles. The molecular formula is C12H16BrNO3. The average molecular weight is 302 g/mol. The van der Waals surface area contributed by atoms with Gasteiger partial charge in [0.25, 0.3) is 0 Å². The van der Waals surface area contributed by atoms with Gasteiger partial charge in [0.1, 0.15) is 0 Å². The number of aromatic carboxylic acids is 1. The van der Waals surface area contributed by atoms with Crippen molar-refractivity contribution in [3.63, 3.8) is 0 Å². The van der Waals surface area contributed by atoms with Crippen LogP contribution in [-0.2, 0) is 0 Å². The highest BCUT2D eigenvalue weighted by Gasteiger charge is 2.15. The minimum absolute atomic E-state index is 0.00222. The first-order valence-corrected chi connectivity index (χ1v) is 6.17. The molecule has 0 radical (unpaired) electrons. The fourth-order valence-electron chi connectivity index (χ4n) is 1.70. The van der Waals surface area contributed by atoms with Crippen molar-refractivity contribution in [2.45, 2.75) is 32.4 Å². The van der Waals surface area contributed by atoms with Crippen LogP contribution >= 0.6 is 15.9 Å². The molecule has 0 aliphatic heterocycles. The first kappa shape index (κ1) is 14.0. The van der Waals surface area contributed by atoms with Crippen molar-refractivity contribution in [3.05, 3.63) is 28.2 Å². The van der Waals surface area contributed by atoms with E-state index in [0.717, 1.165) is 0 Å². The second-order valence-corrected chi connectivity index (χ2v) is 4.95. The number of aliphatic hydroxyl groups is 1. The van der Waals surface area contributed by atoms with Crippen molar-refractivity contribution in [1.82, 2.24) is 0 Å². The minimum atomic E-state index is -0.982. The summed E-state index contributed by atoms with van der Waals surface area (Å²) in [6, 6.07) is 5.18. The van der Waals surface area contributed by atoms with Crippen LogP contribution in [0.2, 0.25) is 0 Å². The van der Waals surface area contributed by atoms with Crippen LogP contribution in [0, 0.1) is 0 Å². The topological polar surface area (TPSA) is 69.6 Å². The number of aliphatic hydroxyl groups excluding tert-OH is 1. The molecule has 0 bridgehead atoms. The summed E-state index contributed by atoms with van der Waals surface area (Å²) in [6.07, 6.45) is 0.143. The van der Waals surface area contributed by atoms with E-state index in [1.807, 2.05) is 6.92 Å². The molecule has 1 aromatic carbocycles. The van der Waals surface area contributed by atoms with Gasteiger partial charge in [0.05, 0.1) is 17.4 Å². The van der Waals surface area contributed by atoms with E-state index in [2.05, 4.69) is 21.2 Å². The first-order chi connectivity index (χ1) is 7.91. The molecule has 2 unspecified atom stereocenters. The van der Waals surface area contributed by atoms with Gasteiger partial charge in [-0.2, -0.15) is 0 Å². The fourth-order valence-corrected chi connectivity index (χ4v) is 2.23. The number of hydrogen-bond donors (Lipinski definition) is 3. The number of benzene rings is 1. The molecule has 0 aromatic heterocycles. The summed E-state index contributed by atoms with van der Waals surface area (Å²) in [5.74, 6) is -0.982. The molecule has 1 aromatic rings. The summed E-state index contributed by atoms with van der Waals surface area (Å²) >= 11 is 3.22. The quantitative estimate of drug-likeness (QED) is 0.782. The first-order valence-electron chi connectivity index (χ1n) is 5.38. The Morgan fingerprint density at radius 3 is 2.65 bits per heavy atom. The van der Waals surface area contributed by atoms with Crippen molar-refractivity contribution in [2.24, 2.45) is 0 Å². The van der Waals surface area contributed by atoms with Gasteiger partial charge in [-0.15, -0.1) is 0 Å². The second-order valence-electron chi connectivity index (χ2n) is 4.10. The molecule has 4 nitrogen and oxygen atoms in total. The lowest BCUT2D eigenvalue weighted by Gasteiger charge is -2.18. The Morgan fingerprint density at radius 1 is 1.47 bits per heavy atom. The Balaban J connectivity index is 2.91. The molecule has 0 fully saturated rings. The average Bonchev–Trinajstić information content (AvgIpc) is 2.15. The van der Waals surface area contributed by atoms with Crippen molar-refractivity contribution < 1.29 is 15.0 Å². The number of hydrogen-bond acceptors (Lipinski definition) is 3. The second kappa shape index (κ2) is 6.02. The van der Waals surface area contributed by atoms with Crippen LogP contribution in [0.3, 0.4) is 0 Å². The number of nitrogens with one attached hydrogen (secondary N) is 1. The van der Waals surface area contributed by atoms with Crippen molar-refractivity contribution >= 4 is 27.6 Å². The SMILES string of the molecule is CC(O)CC(C)Nc1cccc(Br)c1C(=O)O. The number of carbonyl (C=O) groups is 1. The van der Waals surface area contributed by atoms with Crippen molar-refractivity contribution in [1.29, 1.82) is 0 Å². The summed E-state index contributed by atoms with van der Waals surface area (Å²) in [4.78, 5) is 11.1. The highest BCUT2D eigenvalue weighted by atomic mass is 79.9. The molecule has 1 rings (SSSR count). The highest BCUT2D eigenvalue weighted by molar-refractivity contribution is 9.10. The van der Waals surface area contributed by atoms with Crippen LogP contribution in [0.25, 0.3) is 0 Å². The molecule has 0 aliphatic carbocycles. The summed E-state index contributed by atoms with van der Waals surface area (Å²) in [5.41, 5.74) is 0.768. The molecule has 17 heavy (non-hydrogen) atoms. The lowest BCUT2D eigenvalue weighted by molar-refractivity contribution is 0.0697. The number of halogens is 1. The maximum Gasteiger partial charge on any atom is 0.338 e. The maximum atomic E-state index is 11.1. The zero-order valence-electron chi connectivity index (χ0n) is 9.77. The van der Waals surface area contributed by atoms with Crippen LogP contribution in [0.5, 0.6) is 0 Å². The third-order valence-electron chi connectivity index (χ3n) is 2.32. The van der Waals surface area contributed by atoms with Crippen molar-refractivity contribution in [2.75, 3.05) is 5.32 Å². The van der Waals surface area contributed by atoms with Gasteiger partial charge < -0.3 is 15.5 Å². The van der Waals surface area contributed by atoms with E-state index in [1.54, 1.807) is 25.1 Å². The third-order valence-corrected chi connectivity index (χ3v) is 2.98. The van der Waals surface area contributed by atoms with E-state index in [-0.39, 0.29) is 11.6 Å². The lowest BCUT2D eigenvalue weighted by Crippen LogP contribution is -2.22. The normalized spacial score (nSPS) is 14.1. The summed E-state index contributed by atoms with van der Waals surface area (Å²) < 4.78 is 0.541. The number of rotatable bonds is 5. The van der Waals surface area contributed by atoms with Gasteiger partial charge in [-0.25, -0.2) is 4.79 Å². The Bertz CT molecular complexity index is 407. The van der Waals surface area contributed by atoms with E-state index in [1.165, 1.54) is 0 Å². The third kappa shape index (κ3) is 4.02. The number of anilines is 1. The summed E-state index contributed by atoms with van der Waals surface area (Å²) in [5, 5.41) is 21.5. The predicted molar refractivity (Wildman–Crippen MR) is 70.5 cm³/mol. The van der Waals surface area contributed by atoms with Gasteiger partial charge in [-0.3, -0.25) is 0 Å². The molecule has 2 atom stereocenters. The van der Waals surface area contributed by atoms with Crippen LogP contribution in [-0.4, -0.2) is 28.3 Å². The van der Waals surface area contributed by atoms with E-state index < -0.39 is 12.1 Å². The fraction of sp³-hybridized carbons (Fsp3) is 0.417.